The van der Waals surface area contributed by atoms with Crippen molar-refractivity contribution in [2.75, 3.05) is 6.54 Å². The topological polar surface area (TPSA) is 63.3 Å². The van der Waals surface area contributed by atoms with Gasteiger partial charge >= 0.3 is 0 Å². The van der Waals surface area contributed by atoms with Crippen LogP contribution in [-0.2, 0) is 24.4 Å². The third-order valence-corrected chi connectivity index (χ3v) is 4.83. The third kappa shape index (κ3) is 2.91. The summed E-state index contributed by atoms with van der Waals surface area (Å²) in [7, 11) is 0. The summed E-state index contributed by atoms with van der Waals surface area (Å²) in [4.78, 5) is 18.8. The minimum atomic E-state index is 0.184. The van der Waals surface area contributed by atoms with Crippen LogP contribution in [0.25, 0.3) is 0 Å². The molecule has 2 aromatic heterocycles. The maximum Gasteiger partial charge on any atom is 0.223 e. The van der Waals surface area contributed by atoms with Crippen molar-refractivity contribution >= 4 is 5.91 Å². The molecule has 6 heteroatoms. The van der Waals surface area contributed by atoms with E-state index in [0.717, 1.165) is 49.8 Å². The maximum atomic E-state index is 11.8. The fourth-order valence-electron chi connectivity index (χ4n) is 3.23. The Morgan fingerprint density at radius 1 is 1.43 bits per heavy atom. The van der Waals surface area contributed by atoms with E-state index in [-0.39, 0.29) is 17.9 Å². The Morgan fingerprint density at radius 2 is 2.30 bits per heavy atom. The lowest BCUT2D eigenvalue weighted by atomic mass is 10.2. The van der Waals surface area contributed by atoms with Crippen LogP contribution in [0.5, 0.6) is 0 Å². The summed E-state index contributed by atoms with van der Waals surface area (Å²) in [6.07, 6.45) is 5.69. The van der Waals surface area contributed by atoms with E-state index in [4.69, 9.17) is 4.42 Å². The normalized spacial score (nSPS) is 21.2. The summed E-state index contributed by atoms with van der Waals surface area (Å²) in [5.41, 5.74) is 1.10. The zero-order valence-electron chi connectivity index (χ0n) is 13.4. The van der Waals surface area contributed by atoms with Gasteiger partial charge < -0.3 is 14.3 Å². The molecular weight excluding hydrogens is 292 g/mol. The van der Waals surface area contributed by atoms with Crippen molar-refractivity contribution in [2.45, 2.75) is 45.4 Å². The molecule has 1 aliphatic carbocycles. The molecule has 1 N–H and O–H groups in total. The number of nitrogens with one attached hydrogen (secondary N) is 1. The number of nitrogens with zero attached hydrogens (tertiary/aromatic N) is 3. The van der Waals surface area contributed by atoms with E-state index in [9.17, 15) is 4.79 Å². The Hall–Kier alpha value is -2.08. The molecule has 23 heavy (non-hydrogen) atoms. The summed E-state index contributed by atoms with van der Waals surface area (Å²) in [5.74, 6) is 2.48. The van der Waals surface area contributed by atoms with Crippen LogP contribution >= 0.6 is 0 Å². The second-order valence-corrected chi connectivity index (χ2v) is 6.48. The van der Waals surface area contributed by atoms with Gasteiger partial charge in [-0.3, -0.25) is 9.69 Å². The largest absolute Gasteiger partial charge is 0.468 e. The average Bonchev–Trinajstić information content (AvgIpc) is 3.13. The molecule has 0 bridgehead atoms. The molecule has 0 unspecified atom stereocenters. The van der Waals surface area contributed by atoms with Crippen molar-refractivity contribution < 1.29 is 9.21 Å². The number of carbonyl (C=O) groups excluding carboxylic acids is 1. The zero-order chi connectivity index (χ0) is 15.8. The molecule has 3 heterocycles. The molecule has 4 rings (SSSR count). The molecule has 122 valence electrons. The fourth-order valence-corrected chi connectivity index (χ4v) is 3.23. The summed E-state index contributed by atoms with van der Waals surface area (Å²) in [6, 6.07) is 4.17. The monoisotopic (exact) mass is 314 g/mol. The lowest BCUT2D eigenvalue weighted by molar-refractivity contribution is -0.122. The number of hydrogen-bond acceptors (Lipinski definition) is 4. The number of rotatable bonds is 5. The number of hydrogen-bond donors (Lipinski definition) is 1. The third-order valence-electron chi connectivity index (χ3n) is 4.83. The van der Waals surface area contributed by atoms with Crippen LogP contribution in [0.2, 0.25) is 0 Å². The van der Waals surface area contributed by atoms with Gasteiger partial charge in [0.2, 0.25) is 5.91 Å². The molecule has 6 nitrogen and oxygen atoms in total. The van der Waals surface area contributed by atoms with Crippen LogP contribution < -0.4 is 5.32 Å². The lowest BCUT2D eigenvalue weighted by Crippen LogP contribution is -2.37. The summed E-state index contributed by atoms with van der Waals surface area (Å²) in [6.45, 7) is 5.40. The first-order valence-electron chi connectivity index (χ1n) is 8.31. The molecule has 2 aromatic rings. The highest BCUT2D eigenvalue weighted by atomic mass is 16.3. The predicted molar refractivity (Wildman–Crippen MR) is 84.3 cm³/mol. The van der Waals surface area contributed by atoms with Crippen molar-refractivity contribution in [2.24, 2.45) is 5.92 Å². The molecule has 0 radical (unpaired) electrons. The van der Waals surface area contributed by atoms with E-state index in [1.165, 1.54) is 0 Å². The molecule has 0 saturated heterocycles. The van der Waals surface area contributed by atoms with Crippen molar-refractivity contribution in [3.63, 3.8) is 0 Å². The van der Waals surface area contributed by atoms with E-state index in [2.05, 4.69) is 26.7 Å². The smallest absolute Gasteiger partial charge is 0.223 e. The van der Waals surface area contributed by atoms with Crippen LogP contribution in [0.1, 0.15) is 43.1 Å². The minimum Gasteiger partial charge on any atom is -0.468 e. The van der Waals surface area contributed by atoms with Crippen LogP contribution in [0.4, 0.5) is 0 Å². The minimum absolute atomic E-state index is 0.184. The summed E-state index contributed by atoms with van der Waals surface area (Å²) >= 11 is 0. The Balaban J connectivity index is 1.43. The first-order chi connectivity index (χ1) is 11.2. The van der Waals surface area contributed by atoms with E-state index in [1.807, 2.05) is 18.3 Å². The van der Waals surface area contributed by atoms with Gasteiger partial charge in [0.05, 0.1) is 37.3 Å². The van der Waals surface area contributed by atoms with Crippen molar-refractivity contribution in [3.8, 4) is 0 Å². The van der Waals surface area contributed by atoms with Gasteiger partial charge in [0, 0.05) is 19.0 Å². The second-order valence-electron chi connectivity index (χ2n) is 6.48. The molecular formula is C17H22N4O2. The predicted octanol–water partition coefficient (Wildman–Crippen LogP) is 2.08. The molecule has 2 aliphatic rings. The van der Waals surface area contributed by atoms with Gasteiger partial charge in [0.1, 0.15) is 11.6 Å². The van der Waals surface area contributed by atoms with Gasteiger partial charge in [0.25, 0.3) is 0 Å². The first kappa shape index (κ1) is 14.5. The van der Waals surface area contributed by atoms with Crippen LogP contribution in [0.15, 0.2) is 29.0 Å². The van der Waals surface area contributed by atoms with Gasteiger partial charge in [0.15, 0.2) is 0 Å². The molecule has 1 amide bonds. The zero-order valence-corrected chi connectivity index (χ0v) is 13.4. The standard InChI is InChI=1S/C17H22N4O2/c1-12-16-18-9-14(10-19-17(22)13-4-5-13)21(16)7-6-20(12)11-15-3-2-8-23-15/h2-3,8-9,12-13H,4-7,10-11H2,1H3,(H,19,22)/t12-/m1/s1. The number of imidazole rings is 1. The Labute approximate surface area is 135 Å². The fraction of sp³-hybridized carbons (Fsp3) is 0.529. The van der Waals surface area contributed by atoms with E-state index in [0.29, 0.717) is 6.54 Å². The van der Waals surface area contributed by atoms with Gasteiger partial charge in [-0.2, -0.15) is 0 Å². The Kier molecular flexibility index (Phi) is 3.69. The molecule has 1 atom stereocenters. The van der Waals surface area contributed by atoms with Gasteiger partial charge in [-0.1, -0.05) is 0 Å². The van der Waals surface area contributed by atoms with E-state index >= 15 is 0 Å². The number of furan rings is 1. The van der Waals surface area contributed by atoms with Crippen molar-refractivity contribution in [3.05, 3.63) is 41.9 Å². The lowest BCUT2D eigenvalue weighted by Gasteiger charge is -2.33. The number of aromatic nitrogens is 2. The van der Waals surface area contributed by atoms with E-state index in [1.54, 1.807) is 6.26 Å². The molecule has 1 fully saturated rings. The first-order valence-corrected chi connectivity index (χ1v) is 8.31. The molecule has 0 spiro atoms. The Morgan fingerprint density at radius 3 is 3.04 bits per heavy atom. The Bertz CT molecular complexity index is 688. The SMILES string of the molecule is C[C@@H]1c2ncc(CNC(=O)C3CC3)n2CCN1Cc1ccco1. The average molecular weight is 314 g/mol. The number of carbonyl (C=O) groups is 1. The quantitative estimate of drug-likeness (QED) is 0.918. The van der Waals surface area contributed by atoms with Crippen LogP contribution in [0, 0.1) is 5.92 Å². The maximum absolute atomic E-state index is 11.8. The number of fused-ring (bicyclic) bond motifs is 1. The van der Waals surface area contributed by atoms with Gasteiger partial charge in [-0.25, -0.2) is 4.98 Å². The number of amides is 1. The van der Waals surface area contributed by atoms with Gasteiger partial charge in [-0.05, 0) is 31.9 Å². The highest BCUT2D eigenvalue weighted by Gasteiger charge is 2.30. The van der Waals surface area contributed by atoms with Crippen molar-refractivity contribution in [1.82, 2.24) is 19.8 Å². The molecule has 1 saturated carbocycles. The summed E-state index contributed by atoms with van der Waals surface area (Å²) < 4.78 is 7.70. The second kappa shape index (κ2) is 5.85. The van der Waals surface area contributed by atoms with Crippen LogP contribution in [0.3, 0.4) is 0 Å². The van der Waals surface area contributed by atoms with Gasteiger partial charge in [-0.15, -0.1) is 0 Å². The van der Waals surface area contributed by atoms with Crippen LogP contribution in [-0.4, -0.2) is 26.9 Å². The van der Waals surface area contributed by atoms with Crippen molar-refractivity contribution in [1.29, 1.82) is 0 Å². The highest BCUT2D eigenvalue weighted by Crippen LogP contribution is 2.29. The molecule has 1 aliphatic heterocycles. The highest BCUT2D eigenvalue weighted by molar-refractivity contribution is 5.80. The molecule has 0 aromatic carbocycles. The summed E-state index contributed by atoms with van der Waals surface area (Å²) in [5, 5.41) is 3.03. The van der Waals surface area contributed by atoms with E-state index < -0.39 is 0 Å².